The summed E-state index contributed by atoms with van der Waals surface area (Å²) in [5.74, 6) is 0.838. The normalized spacial score (nSPS) is 11.8. The molecule has 0 amide bonds. The van der Waals surface area contributed by atoms with Gasteiger partial charge in [0.15, 0.2) is 0 Å². The molecule has 13 heavy (non-hydrogen) atoms. The van der Waals surface area contributed by atoms with Gasteiger partial charge < -0.3 is 10.1 Å². The average molecular weight is 189 g/mol. The zero-order chi connectivity index (χ0) is 10.5. The fourth-order valence-electron chi connectivity index (χ4n) is 0.781. The Morgan fingerprint density at radius 1 is 1.23 bits per heavy atom. The predicted molar refractivity (Wildman–Crippen MR) is 60.2 cm³/mol. The largest absolute Gasteiger partial charge is 0.382 e. The Morgan fingerprint density at radius 3 is 2.00 bits per heavy atom. The van der Waals surface area contributed by atoms with Gasteiger partial charge in [0.1, 0.15) is 0 Å². The summed E-state index contributed by atoms with van der Waals surface area (Å²) in [6.45, 7) is 11.5. The molecule has 2 nitrogen and oxygen atoms in total. The maximum absolute atomic E-state index is 4.98. The van der Waals surface area contributed by atoms with E-state index in [0.29, 0.717) is 0 Å². The van der Waals surface area contributed by atoms with Crippen molar-refractivity contribution in [3.05, 3.63) is 0 Å². The van der Waals surface area contributed by atoms with Crippen molar-refractivity contribution in [1.29, 1.82) is 0 Å². The van der Waals surface area contributed by atoms with Crippen LogP contribution >= 0.6 is 0 Å². The van der Waals surface area contributed by atoms with Crippen LogP contribution in [0.4, 0.5) is 0 Å². The quantitative estimate of drug-likeness (QED) is 0.649. The van der Waals surface area contributed by atoms with Crippen LogP contribution in [0.2, 0.25) is 0 Å². The van der Waals surface area contributed by atoms with Crippen molar-refractivity contribution in [2.45, 2.75) is 40.5 Å². The van der Waals surface area contributed by atoms with Crippen LogP contribution in [0.1, 0.15) is 40.5 Å². The highest BCUT2D eigenvalue weighted by Crippen LogP contribution is 1.95. The molecule has 0 saturated carbocycles. The van der Waals surface area contributed by atoms with Crippen LogP contribution in [-0.2, 0) is 4.74 Å². The third-order valence-corrected chi connectivity index (χ3v) is 1.80. The zero-order valence-electron chi connectivity index (χ0n) is 10.0. The van der Waals surface area contributed by atoms with Gasteiger partial charge in [0, 0.05) is 13.2 Å². The molecular weight excluding hydrogens is 162 g/mol. The highest BCUT2D eigenvalue weighted by atomic mass is 16.5. The van der Waals surface area contributed by atoms with Crippen LogP contribution in [0.25, 0.3) is 0 Å². The van der Waals surface area contributed by atoms with Gasteiger partial charge >= 0.3 is 0 Å². The molecule has 0 aliphatic carbocycles. The van der Waals surface area contributed by atoms with E-state index >= 15 is 0 Å². The van der Waals surface area contributed by atoms with E-state index in [9.17, 15) is 0 Å². The fourth-order valence-corrected chi connectivity index (χ4v) is 0.781. The fraction of sp³-hybridized carbons (Fsp3) is 1.00. The maximum Gasteiger partial charge on any atom is 0.0463 e. The SMILES string of the molecule is CCC(C)CNC.CCCOCC. The van der Waals surface area contributed by atoms with E-state index < -0.39 is 0 Å². The summed E-state index contributed by atoms with van der Waals surface area (Å²) in [5, 5.41) is 3.12. The first-order valence-electron chi connectivity index (χ1n) is 5.45. The molecule has 0 rings (SSSR count). The first kappa shape index (κ1) is 15.4. The Hall–Kier alpha value is -0.0800. The van der Waals surface area contributed by atoms with Gasteiger partial charge in [0.25, 0.3) is 0 Å². The topological polar surface area (TPSA) is 21.3 Å². The van der Waals surface area contributed by atoms with E-state index in [1.54, 1.807) is 0 Å². The van der Waals surface area contributed by atoms with Gasteiger partial charge in [0.2, 0.25) is 0 Å². The summed E-state index contributed by atoms with van der Waals surface area (Å²) >= 11 is 0. The zero-order valence-corrected chi connectivity index (χ0v) is 10.0. The molecule has 0 aliphatic heterocycles. The van der Waals surface area contributed by atoms with Gasteiger partial charge in [-0.3, -0.25) is 0 Å². The highest BCUT2D eigenvalue weighted by molar-refractivity contribution is 4.49. The first-order chi connectivity index (χ1) is 6.22. The van der Waals surface area contributed by atoms with Crippen LogP contribution < -0.4 is 5.32 Å². The second-order valence-electron chi connectivity index (χ2n) is 3.27. The molecule has 0 spiro atoms. The first-order valence-corrected chi connectivity index (χ1v) is 5.45. The Kier molecular flexibility index (Phi) is 17.1. The molecule has 0 aromatic carbocycles. The molecule has 82 valence electrons. The van der Waals surface area contributed by atoms with E-state index in [2.05, 4.69) is 26.1 Å². The molecule has 0 aliphatic rings. The van der Waals surface area contributed by atoms with Crippen LogP contribution in [0.3, 0.4) is 0 Å². The maximum atomic E-state index is 4.98. The number of rotatable bonds is 6. The van der Waals surface area contributed by atoms with Crippen LogP contribution in [0.5, 0.6) is 0 Å². The lowest BCUT2D eigenvalue weighted by Gasteiger charge is -2.04. The number of ether oxygens (including phenoxy) is 1. The summed E-state index contributed by atoms with van der Waals surface area (Å²) in [5.41, 5.74) is 0. The average Bonchev–Trinajstić information content (AvgIpc) is 2.16. The molecule has 0 fully saturated rings. The van der Waals surface area contributed by atoms with Gasteiger partial charge in [-0.1, -0.05) is 27.2 Å². The van der Waals surface area contributed by atoms with Crippen molar-refractivity contribution in [3.63, 3.8) is 0 Å². The van der Waals surface area contributed by atoms with Gasteiger partial charge in [0.05, 0.1) is 0 Å². The highest BCUT2D eigenvalue weighted by Gasteiger charge is 1.92. The van der Waals surface area contributed by atoms with E-state index in [4.69, 9.17) is 4.74 Å². The molecule has 0 aromatic rings. The Balaban J connectivity index is 0. The molecule has 2 heteroatoms. The van der Waals surface area contributed by atoms with Crippen molar-refractivity contribution in [1.82, 2.24) is 5.32 Å². The minimum atomic E-state index is 0.838. The van der Waals surface area contributed by atoms with Crippen molar-refractivity contribution in [2.24, 2.45) is 5.92 Å². The molecular formula is C11H27NO. The Bertz CT molecular complexity index is 72.5. The smallest absolute Gasteiger partial charge is 0.0463 e. The molecule has 1 N–H and O–H groups in total. The van der Waals surface area contributed by atoms with Gasteiger partial charge in [-0.25, -0.2) is 0 Å². The van der Waals surface area contributed by atoms with Crippen LogP contribution in [-0.4, -0.2) is 26.8 Å². The third-order valence-electron chi connectivity index (χ3n) is 1.80. The van der Waals surface area contributed by atoms with Crippen LogP contribution in [0.15, 0.2) is 0 Å². The van der Waals surface area contributed by atoms with E-state index in [1.165, 1.54) is 6.42 Å². The Labute approximate surface area is 84.1 Å². The third kappa shape index (κ3) is 18.7. The van der Waals surface area contributed by atoms with Crippen molar-refractivity contribution in [2.75, 3.05) is 26.8 Å². The summed E-state index contributed by atoms with van der Waals surface area (Å²) in [7, 11) is 1.99. The predicted octanol–water partition coefficient (Wildman–Crippen LogP) is 2.68. The standard InChI is InChI=1S/C6H15N.C5H12O/c1-4-6(2)5-7-3;1-3-5-6-4-2/h6-7H,4-5H2,1-3H3;3-5H2,1-2H3. The molecule has 0 saturated heterocycles. The number of hydrogen-bond donors (Lipinski definition) is 1. The van der Waals surface area contributed by atoms with Crippen molar-refractivity contribution >= 4 is 0 Å². The van der Waals surface area contributed by atoms with Gasteiger partial charge in [-0.15, -0.1) is 0 Å². The molecule has 0 aromatic heterocycles. The lowest BCUT2D eigenvalue weighted by Crippen LogP contribution is -2.14. The molecule has 1 unspecified atom stereocenters. The van der Waals surface area contributed by atoms with E-state index in [1.807, 2.05) is 14.0 Å². The lowest BCUT2D eigenvalue weighted by atomic mass is 10.1. The monoisotopic (exact) mass is 189 g/mol. The lowest BCUT2D eigenvalue weighted by molar-refractivity contribution is 0.148. The minimum absolute atomic E-state index is 0.838. The second kappa shape index (κ2) is 14.4. The molecule has 0 heterocycles. The minimum Gasteiger partial charge on any atom is -0.382 e. The van der Waals surface area contributed by atoms with Gasteiger partial charge in [-0.05, 0) is 32.9 Å². The molecule has 1 atom stereocenters. The molecule has 0 radical (unpaired) electrons. The number of nitrogens with one attached hydrogen (secondary N) is 1. The summed E-state index contributed by atoms with van der Waals surface area (Å²) in [4.78, 5) is 0. The summed E-state index contributed by atoms with van der Waals surface area (Å²) in [6, 6.07) is 0. The second-order valence-corrected chi connectivity index (χ2v) is 3.27. The summed E-state index contributed by atoms with van der Waals surface area (Å²) < 4.78 is 4.98. The Morgan fingerprint density at radius 2 is 1.85 bits per heavy atom. The van der Waals surface area contributed by atoms with Gasteiger partial charge in [-0.2, -0.15) is 0 Å². The number of hydrogen-bond acceptors (Lipinski definition) is 2. The molecule has 0 bridgehead atoms. The van der Waals surface area contributed by atoms with E-state index in [-0.39, 0.29) is 0 Å². The van der Waals surface area contributed by atoms with E-state index in [0.717, 1.165) is 32.1 Å². The summed E-state index contributed by atoms with van der Waals surface area (Å²) in [6.07, 6.45) is 2.41. The van der Waals surface area contributed by atoms with Crippen molar-refractivity contribution in [3.8, 4) is 0 Å². The van der Waals surface area contributed by atoms with Crippen molar-refractivity contribution < 1.29 is 4.74 Å². The van der Waals surface area contributed by atoms with Crippen LogP contribution in [0, 0.1) is 5.92 Å².